The molecule has 1 aliphatic carbocycles. The molecule has 0 bridgehead atoms. The molecular formula is C26H39N7. The third-order valence-electron chi connectivity index (χ3n) is 7.75. The van der Waals surface area contributed by atoms with Crippen molar-refractivity contribution in [1.29, 1.82) is 0 Å². The first-order chi connectivity index (χ1) is 16.1. The minimum Gasteiger partial charge on any atom is -0.382 e. The average molecular weight is 450 g/mol. The van der Waals surface area contributed by atoms with Crippen LogP contribution in [0.25, 0.3) is 0 Å². The molecule has 3 unspecified atom stereocenters. The van der Waals surface area contributed by atoms with E-state index in [-0.39, 0.29) is 0 Å². The van der Waals surface area contributed by atoms with Crippen molar-refractivity contribution < 1.29 is 0 Å². The summed E-state index contributed by atoms with van der Waals surface area (Å²) >= 11 is 0. The van der Waals surface area contributed by atoms with Gasteiger partial charge >= 0.3 is 0 Å². The fourth-order valence-corrected chi connectivity index (χ4v) is 5.57. The van der Waals surface area contributed by atoms with E-state index in [1.165, 1.54) is 11.3 Å². The summed E-state index contributed by atoms with van der Waals surface area (Å²) in [6.45, 7) is 15.5. The number of nitrogens with one attached hydrogen (secondary N) is 1. The van der Waals surface area contributed by atoms with Crippen molar-refractivity contribution in [2.24, 2.45) is 5.92 Å². The quantitative estimate of drug-likeness (QED) is 0.714. The Balaban J connectivity index is 1.10. The lowest BCUT2D eigenvalue weighted by Gasteiger charge is -2.40. The molecule has 2 saturated heterocycles. The smallest absolute Gasteiger partial charge is 0.225 e. The SMILES string of the molecule is CC(C)N1CCN(c2ncc(CC(C)N3CCN(C4=CNC5C=CC=CC45)CC3)cn2)CC1. The summed E-state index contributed by atoms with van der Waals surface area (Å²) in [5.74, 6) is 1.37. The molecule has 33 heavy (non-hydrogen) atoms. The highest BCUT2D eigenvalue weighted by atomic mass is 15.3. The Morgan fingerprint density at radius 1 is 0.848 bits per heavy atom. The second-order valence-corrected chi connectivity index (χ2v) is 10.1. The standard InChI is InChI=1S/C26H39N7/c1-20(2)30-8-14-33(15-9-30)26-28-17-22(18-29-26)16-21(3)31-10-12-32(13-11-31)25-19-27-24-7-5-4-6-23(24)25/h4-7,17-21,23-24,27H,8-16H2,1-3H3. The Hall–Kier alpha value is -2.38. The lowest BCUT2D eigenvalue weighted by Crippen LogP contribution is -2.50. The highest BCUT2D eigenvalue weighted by Gasteiger charge is 2.32. The Labute approximate surface area is 198 Å². The van der Waals surface area contributed by atoms with Crippen LogP contribution in [0.4, 0.5) is 5.95 Å². The van der Waals surface area contributed by atoms with E-state index >= 15 is 0 Å². The summed E-state index contributed by atoms with van der Waals surface area (Å²) < 4.78 is 0. The molecule has 1 N–H and O–H groups in total. The Bertz CT molecular complexity index is 874. The van der Waals surface area contributed by atoms with Crippen LogP contribution in [-0.4, -0.2) is 95.2 Å². The third kappa shape index (κ3) is 4.94. The predicted molar refractivity (Wildman–Crippen MR) is 134 cm³/mol. The molecule has 0 radical (unpaired) electrons. The fourth-order valence-electron chi connectivity index (χ4n) is 5.57. The number of fused-ring (bicyclic) bond motifs is 1. The normalized spacial score (nSPS) is 27.0. The largest absolute Gasteiger partial charge is 0.382 e. The number of allylic oxidation sites excluding steroid dienone is 2. The molecule has 0 amide bonds. The molecule has 7 nitrogen and oxygen atoms in total. The summed E-state index contributed by atoms with van der Waals surface area (Å²) in [6.07, 6.45) is 16.3. The van der Waals surface area contributed by atoms with Gasteiger partial charge in [0.2, 0.25) is 5.95 Å². The molecule has 3 aliphatic heterocycles. The van der Waals surface area contributed by atoms with Crippen LogP contribution < -0.4 is 10.2 Å². The first-order valence-corrected chi connectivity index (χ1v) is 12.7. The van der Waals surface area contributed by atoms with Crippen molar-refractivity contribution in [1.82, 2.24) is 30.0 Å². The average Bonchev–Trinajstić information content (AvgIpc) is 3.29. The van der Waals surface area contributed by atoms with Gasteiger partial charge in [0.15, 0.2) is 0 Å². The Kier molecular flexibility index (Phi) is 6.69. The first kappa shape index (κ1) is 22.4. The zero-order valence-corrected chi connectivity index (χ0v) is 20.4. The lowest BCUT2D eigenvalue weighted by molar-refractivity contribution is 0.118. The molecule has 0 saturated carbocycles. The fraction of sp³-hybridized carbons (Fsp3) is 0.615. The third-order valence-corrected chi connectivity index (χ3v) is 7.75. The molecule has 0 aromatic carbocycles. The number of anilines is 1. The van der Waals surface area contributed by atoms with Crippen LogP contribution in [-0.2, 0) is 6.42 Å². The predicted octanol–water partition coefficient (Wildman–Crippen LogP) is 2.11. The molecular weight excluding hydrogens is 410 g/mol. The van der Waals surface area contributed by atoms with E-state index < -0.39 is 0 Å². The molecule has 2 fully saturated rings. The van der Waals surface area contributed by atoms with Gasteiger partial charge in [-0.1, -0.05) is 24.3 Å². The molecule has 3 atom stereocenters. The van der Waals surface area contributed by atoms with Gasteiger partial charge in [0.25, 0.3) is 0 Å². The second kappa shape index (κ2) is 9.85. The maximum absolute atomic E-state index is 4.72. The molecule has 4 heterocycles. The van der Waals surface area contributed by atoms with Crippen LogP contribution in [0.5, 0.6) is 0 Å². The Morgan fingerprint density at radius 2 is 1.48 bits per heavy atom. The van der Waals surface area contributed by atoms with Crippen LogP contribution in [0.1, 0.15) is 26.3 Å². The second-order valence-electron chi connectivity index (χ2n) is 10.1. The van der Waals surface area contributed by atoms with Gasteiger partial charge in [-0.2, -0.15) is 0 Å². The molecule has 178 valence electrons. The highest BCUT2D eigenvalue weighted by molar-refractivity contribution is 5.32. The molecule has 0 spiro atoms. The van der Waals surface area contributed by atoms with E-state index in [1.807, 2.05) is 12.4 Å². The molecule has 1 aromatic heterocycles. The summed E-state index contributed by atoms with van der Waals surface area (Å²) in [7, 11) is 0. The van der Waals surface area contributed by atoms with Crippen molar-refractivity contribution in [2.75, 3.05) is 57.3 Å². The molecule has 1 aromatic rings. The van der Waals surface area contributed by atoms with Crippen molar-refractivity contribution in [3.05, 3.63) is 54.2 Å². The van der Waals surface area contributed by atoms with Gasteiger partial charge in [-0.3, -0.25) is 9.80 Å². The van der Waals surface area contributed by atoms with E-state index in [0.717, 1.165) is 64.7 Å². The molecule has 7 heteroatoms. The number of hydrogen-bond acceptors (Lipinski definition) is 7. The van der Waals surface area contributed by atoms with Crippen molar-refractivity contribution in [3.63, 3.8) is 0 Å². The zero-order chi connectivity index (χ0) is 22.8. The number of nitrogens with zero attached hydrogens (tertiary/aromatic N) is 6. The summed E-state index contributed by atoms with van der Waals surface area (Å²) in [5, 5.41) is 3.53. The highest BCUT2D eigenvalue weighted by Crippen LogP contribution is 2.29. The van der Waals surface area contributed by atoms with Gasteiger partial charge in [0.05, 0.1) is 6.04 Å². The van der Waals surface area contributed by atoms with Crippen molar-refractivity contribution in [2.45, 2.75) is 45.3 Å². The van der Waals surface area contributed by atoms with Gasteiger partial charge in [-0.15, -0.1) is 0 Å². The summed E-state index contributed by atoms with van der Waals surface area (Å²) in [4.78, 5) is 19.5. The monoisotopic (exact) mass is 449 g/mol. The maximum Gasteiger partial charge on any atom is 0.225 e. The molecule has 4 aliphatic rings. The summed E-state index contributed by atoms with van der Waals surface area (Å²) in [5.41, 5.74) is 2.69. The van der Waals surface area contributed by atoms with Gasteiger partial charge in [-0.25, -0.2) is 9.97 Å². The van der Waals surface area contributed by atoms with Crippen molar-refractivity contribution >= 4 is 5.95 Å². The van der Waals surface area contributed by atoms with E-state index in [4.69, 9.17) is 9.97 Å². The van der Waals surface area contributed by atoms with Crippen LogP contribution in [0, 0.1) is 5.92 Å². The summed E-state index contributed by atoms with van der Waals surface area (Å²) in [6, 6.07) is 1.55. The van der Waals surface area contributed by atoms with Gasteiger partial charge < -0.3 is 15.1 Å². The maximum atomic E-state index is 4.72. The van der Waals surface area contributed by atoms with Crippen LogP contribution in [0.2, 0.25) is 0 Å². The van der Waals surface area contributed by atoms with E-state index in [2.05, 4.69) is 76.2 Å². The van der Waals surface area contributed by atoms with Crippen LogP contribution in [0.3, 0.4) is 0 Å². The Morgan fingerprint density at radius 3 is 2.18 bits per heavy atom. The van der Waals surface area contributed by atoms with Gasteiger partial charge in [-0.05, 0) is 32.8 Å². The van der Waals surface area contributed by atoms with E-state index in [0.29, 0.717) is 24.0 Å². The number of rotatable bonds is 6. The van der Waals surface area contributed by atoms with Crippen molar-refractivity contribution in [3.8, 4) is 0 Å². The zero-order valence-electron chi connectivity index (χ0n) is 20.4. The van der Waals surface area contributed by atoms with Gasteiger partial charge in [0, 0.05) is 94.7 Å². The minimum absolute atomic E-state index is 0.434. The van der Waals surface area contributed by atoms with Crippen LogP contribution >= 0.6 is 0 Å². The van der Waals surface area contributed by atoms with Gasteiger partial charge in [0.1, 0.15) is 0 Å². The first-order valence-electron chi connectivity index (χ1n) is 12.7. The van der Waals surface area contributed by atoms with E-state index in [1.54, 1.807) is 0 Å². The van der Waals surface area contributed by atoms with E-state index in [9.17, 15) is 0 Å². The number of aromatic nitrogens is 2. The number of hydrogen-bond donors (Lipinski definition) is 1. The minimum atomic E-state index is 0.434. The molecule has 5 rings (SSSR count). The topological polar surface area (TPSA) is 50.8 Å². The lowest BCUT2D eigenvalue weighted by atomic mass is 9.94. The number of piperazine rings is 2. The van der Waals surface area contributed by atoms with Crippen LogP contribution in [0.15, 0.2) is 48.6 Å².